The summed E-state index contributed by atoms with van der Waals surface area (Å²) in [4.78, 5) is 0. The third-order valence-electron chi connectivity index (χ3n) is 4.08. The lowest BCUT2D eigenvalue weighted by molar-refractivity contribution is 0.301. The largest absolute Gasteiger partial charge is 0.310 e. The van der Waals surface area contributed by atoms with Gasteiger partial charge in [0, 0.05) is 15.5 Å². The Labute approximate surface area is 130 Å². The molecule has 0 radical (unpaired) electrons. The van der Waals surface area contributed by atoms with Crippen molar-refractivity contribution in [2.45, 2.75) is 51.5 Å². The number of rotatable bonds is 5. The van der Waals surface area contributed by atoms with Crippen LogP contribution in [0.4, 0.5) is 0 Å². The van der Waals surface area contributed by atoms with Gasteiger partial charge in [-0.05, 0) is 42.6 Å². The van der Waals surface area contributed by atoms with Gasteiger partial charge in [-0.2, -0.15) is 0 Å². The molecular formula is C16H23BrClN. The van der Waals surface area contributed by atoms with Gasteiger partial charge >= 0.3 is 0 Å². The molecular weight excluding hydrogens is 322 g/mol. The highest BCUT2D eigenvalue weighted by molar-refractivity contribution is 9.10. The molecule has 0 saturated heterocycles. The summed E-state index contributed by atoms with van der Waals surface area (Å²) in [6.07, 6.45) is 8.23. The predicted molar refractivity (Wildman–Crippen MR) is 86.8 cm³/mol. The fraction of sp³-hybridized carbons (Fsp3) is 0.625. The molecule has 106 valence electrons. The lowest BCUT2D eigenvalue weighted by Crippen LogP contribution is -2.24. The molecule has 0 bridgehead atoms. The first-order valence-electron chi connectivity index (χ1n) is 7.39. The molecule has 0 amide bonds. The Morgan fingerprint density at radius 1 is 1.32 bits per heavy atom. The third kappa shape index (κ3) is 4.47. The molecule has 1 atom stereocenters. The molecule has 1 aromatic rings. The molecule has 0 aromatic heterocycles. The van der Waals surface area contributed by atoms with Crippen LogP contribution in [0.15, 0.2) is 22.7 Å². The minimum Gasteiger partial charge on any atom is -0.310 e. The fourth-order valence-corrected chi connectivity index (χ4v) is 3.81. The Balaban J connectivity index is 2.11. The second kappa shape index (κ2) is 7.66. The molecule has 0 heterocycles. The highest BCUT2D eigenvalue weighted by Gasteiger charge is 2.21. The zero-order chi connectivity index (χ0) is 13.7. The lowest BCUT2D eigenvalue weighted by atomic mass is 9.83. The minimum atomic E-state index is 0.418. The van der Waals surface area contributed by atoms with Crippen LogP contribution >= 0.6 is 27.5 Å². The maximum atomic E-state index is 6.16. The van der Waals surface area contributed by atoms with Gasteiger partial charge in [0.25, 0.3) is 0 Å². The Hall–Kier alpha value is -0.0500. The van der Waals surface area contributed by atoms with E-state index >= 15 is 0 Å². The minimum absolute atomic E-state index is 0.418. The van der Waals surface area contributed by atoms with Gasteiger partial charge in [0.15, 0.2) is 0 Å². The van der Waals surface area contributed by atoms with Gasteiger partial charge < -0.3 is 5.32 Å². The van der Waals surface area contributed by atoms with Crippen LogP contribution in [0.5, 0.6) is 0 Å². The zero-order valence-corrected chi connectivity index (χ0v) is 13.9. The highest BCUT2D eigenvalue weighted by atomic mass is 79.9. The topological polar surface area (TPSA) is 12.0 Å². The first kappa shape index (κ1) is 15.3. The van der Waals surface area contributed by atoms with Crippen LogP contribution in [-0.4, -0.2) is 6.54 Å². The molecule has 1 nitrogen and oxygen atoms in total. The lowest BCUT2D eigenvalue weighted by Gasteiger charge is -2.28. The molecule has 1 fully saturated rings. The summed E-state index contributed by atoms with van der Waals surface area (Å²) < 4.78 is 1.17. The summed E-state index contributed by atoms with van der Waals surface area (Å²) in [6.45, 7) is 3.17. The molecule has 1 unspecified atom stereocenters. The Morgan fingerprint density at radius 2 is 2.05 bits per heavy atom. The van der Waals surface area contributed by atoms with Crippen LogP contribution < -0.4 is 5.32 Å². The van der Waals surface area contributed by atoms with E-state index in [1.807, 2.05) is 6.07 Å². The molecule has 19 heavy (non-hydrogen) atoms. The van der Waals surface area contributed by atoms with E-state index in [1.165, 1.54) is 48.6 Å². The van der Waals surface area contributed by atoms with Crippen LogP contribution in [0.1, 0.15) is 57.1 Å². The molecule has 1 aliphatic rings. The van der Waals surface area contributed by atoms with Crippen molar-refractivity contribution >= 4 is 27.5 Å². The van der Waals surface area contributed by atoms with Crippen LogP contribution in [0.2, 0.25) is 5.02 Å². The summed E-state index contributed by atoms with van der Waals surface area (Å²) >= 11 is 9.82. The smallest absolute Gasteiger partial charge is 0.0410 e. The number of hydrogen-bond donors (Lipinski definition) is 1. The van der Waals surface area contributed by atoms with Crippen molar-refractivity contribution in [3.05, 3.63) is 33.3 Å². The summed E-state index contributed by atoms with van der Waals surface area (Å²) in [5, 5.41) is 4.45. The average molecular weight is 345 g/mol. The van der Waals surface area contributed by atoms with E-state index in [0.717, 1.165) is 17.5 Å². The van der Waals surface area contributed by atoms with E-state index in [2.05, 4.69) is 40.3 Å². The van der Waals surface area contributed by atoms with Crippen molar-refractivity contribution in [2.24, 2.45) is 5.92 Å². The Morgan fingerprint density at radius 3 is 2.74 bits per heavy atom. The second-order valence-electron chi connectivity index (χ2n) is 5.52. The zero-order valence-electron chi connectivity index (χ0n) is 11.6. The van der Waals surface area contributed by atoms with Gasteiger partial charge in [0.1, 0.15) is 0 Å². The average Bonchev–Trinajstić information content (AvgIpc) is 2.42. The summed E-state index contributed by atoms with van der Waals surface area (Å²) in [6, 6.07) is 6.52. The SMILES string of the molecule is CCNC(CC1CCCCC1)c1cc(Cl)ccc1Br. The number of hydrogen-bond acceptors (Lipinski definition) is 1. The van der Waals surface area contributed by atoms with Crippen molar-refractivity contribution in [3.8, 4) is 0 Å². The van der Waals surface area contributed by atoms with Gasteiger partial charge in [0.2, 0.25) is 0 Å². The van der Waals surface area contributed by atoms with Crippen LogP contribution in [0.25, 0.3) is 0 Å². The van der Waals surface area contributed by atoms with Crippen molar-refractivity contribution in [3.63, 3.8) is 0 Å². The number of halogens is 2. The predicted octanol–water partition coefficient (Wildman–Crippen LogP) is 5.72. The Kier molecular flexibility index (Phi) is 6.18. The van der Waals surface area contributed by atoms with Crippen molar-refractivity contribution in [2.75, 3.05) is 6.54 Å². The monoisotopic (exact) mass is 343 g/mol. The summed E-state index contributed by atoms with van der Waals surface area (Å²) in [5.74, 6) is 0.865. The molecule has 1 aromatic carbocycles. The van der Waals surface area contributed by atoms with Crippen molar-refractivity contribution in [1.29, 1.82) is 0 Å². The van der Waals surface area contributed by atoms with Gasteiger partial charge in [0.05, 0.1) is 0 Å². The van der Waals surface area contributed by atoms with Crippen LogP contribution in [0.3, 0.4) is 0 Å². The molecule has 2 rings (SSSR count). The van der Waals surface area contributed by atoms with E-state index in [9.17, 15) is 0 Å². The first-order chi connectivity index (χ1) is 9.20. The van der Waals surface area contributed by atoms with Gasteiger partial charge in [-0.15, -0.1) is 0 Å². The second-order valence-corrected chi connectivity index (χ2v) is 6.81. The van der Waals surface area contributed by atoms with Gasteiger partial charge in [-0.3, -0.25) is 0 Å². The quantitative estimate of drug-likeness (QED) is 0.720. The highest BCUT2D eigenvalue weighted by Crippen LogP contribution is 2.35. The van der Waals surface area contributed by atoms with E-state index in [1.54, 1.807) is 0 Å². The van der Waals surface area contributed by atoms with E-state index in [4.69, 9.17) is 11.6 Å². The summed E-state index contributed by atoms with van der Waals surface area (Å²) in [7, 11) is 0. The number of benzene rings is 1. The number of nitrogens with one attached hydrogen (secondary N) is 1. The molecule has 1 aliphatic carbocycles. The maximum absolute atomic E-state index is 6.16. The molecule has 1 N–H and O–H groups in total. The van der Waals surface area contributed by atoms with Crippen LogP contribution in [0, 0.1) is 5.92 Å². The van der Waals surface area contributed by atoms with Gasteiger partial charge in [-0.1, -0.05) is 66.6 Å². The molecule has 0 aliphatic heterocycles. The molecule has 0 spiro atoms. The molecule has 3 heteroatoms. The maximum Gasteiger partial charge on any atom is 0.0410 e. The van der Waals surface area contributed by atoms with E-state index in [-0.39, 0.29) is 0 Å². The molecule has 1 saturated carbocycles. The first-order valence-corrected chi connectivity index (χ1v) is 8.56. The summed E-state index contributed by atoms with van der Waals surface area (Å²) in [5.41, 5.74) is 1.31. The normalized spacial score (nSPS) is 18.5. The third-order valence-corrected chi connectivity index (χ3v) is 5.04. The standard InChI is InChI=1S/C16H23BrClN/c1-2-19-16(10-12-6-4-3-5-7-12)14-11-13(18)8-9-15(14)17/h8-9,11-12,16,19H,2-7,10H2,1H3. The van der Waals surface area contributed by atoms with Crippen LogP contribution in [-0.2, 0) is 0 Å². The van der Waals surface area contributed by atoms with E-state index < -0.39 is 0 Å². The van der Waals surface area contributed by atoms with Crippen molar-refractivity contribution in [1.82, 2.24) is 5.32 Å². The Bertz CT molecular complexity index is 402. The van der Waals surface area contributed by atoms with Crippen molar-refractivity contribution < 1.29 is 0 Å². The fourth-order valence-electron chi connectivity index (χ4n) is 3.10. The van der Waals surface area contributed by atoms with E-state index in [0.29, 0.717) is 6.04 Å². The van der Waals surface area contributed by atoms with Gasteiger partial charge in [-0.25, -0.2) is 0 Å².